The highest BCUT2D eigenvalue weighted by Gasteiger charge is 2.95. The van der Waals surface area contributed by atoms with Gasteiger partial charge < -0.3 is 18.6 Å². The molecule has 0 aliphatic carbocycles. The van der Waals surface area contributed by atoms with E-state index in [0.717, 1.165) is 12.1 Å². The largest absolute Gasteiger partial charge is 0.491 e. The minimum Gasteiger partial charge on any atom is -0.491 e. The molecule has 0 bridgehead atoms. The number of esters is 1. The molecule has 0 aliphatic rings. The molecule has 0 saturated heterocycles. The van der Waals surface area contributed by atoms with Crippen molar-refractivity contribution in [2.24, 2.45) is 5.92 Å². The van der Waals surface area contributed by atoms with Gasteiger partial charge >= 0.3 is 59.7 Å². The molecule has 27 heteroatoms. The van der Waals surface area contributed by atoms with Gasteiger partial charge in [0.1, 0.15) is 30.1 Å². The lowest BCUT2D eigenvalue weighted by molar-refractivity contribution is -0.461. The van der Waals surface area contributed by atoms with Crippen molar-refractivity contribution in [2.45, 2.75) is 133 Å². The van der Waals surface area contributed by atoms with Gasteiger partial charge in [0, 0.05) is 24.0 Å². The third kappa shape index (κ3) is 11.6. The van der Waals surface area contributed by atoms with Crippen LogP contribution in [-0.2, 0) is 18.7 Å². The average molecular weight is 1040 g/mol. The van der Waals surface area contributed by atoms with Crippen LogP contribution in [0, 0.1) is 17.6 Å². The van der Waals surface area contributed by atoms with E-state index >= 15 is 8.78 Å². The second-order valence-electron chi connectivity index (χ2n) is 16.1. The van der Waals surface area contributed by atoms with Crippen LogP contribution in [0.1, 0.15) is 73.5 Å². The predicted molar refractivity (Wildman–Crippen MR) is 207 cm³/mol. The Labute approximate surface area is 377 Å². The molecule has 1 N–H and O–H groups in total. The monoisotopic (exact) mass is 1040 g/mol. The zero-order chi connectivity index (χ0) is 53.0. The van der Waals surface area contributed by atoms with Gasteiger partial charge in [0.05, 0.1) is 18.9 Å². The van der Waals surface area contributed by atoms with Crippen molar-refractivity contribution in [2.75, 3.05) is 25.1 Å². The van der Waals surface area contributed by atoms with E-state index in [1.807, 2.05) is 0 Å². The summed E-state index contributed by atoms with van der Waals surface area (Å²) in [6, 6.07) is 6.28. The van der Waals surface area contributed by atoms with Crippen LogP contribution in [0.2, 0.25) is 17.1 Å². The normalized spacial score (nSPS) is 15.2. The van der Waals surface area contributed by atoms with E-state index in [1.165, 1.54) is 58.9 Å². The standard InChI is InChI=1S/C41H46F19NO6Si/c1-9-64-32(62)25(8)23(6)24(7)31(67-33(63)61-30-15-12-27(42)20-29(30)43)26-10-13-28(14-11-26)65-17-18-66-68(21(2)3,22(4)5)19-16-34(44,45)35(46,47)36(48,49)37(50,51)38(52,53)39(54,55)40(56,57)41(58,59)60/h10-15,20-22,24,31H,9,16-19H2,1-8H3,(H,61,63)/b25-23+/t24-,31-/m0/s1. The average Bonchev–Trinajstić information content (AvgIpc) is 3.22. The van der Waals surface area contributed by atoms with Crippen molar-refractivity contribution in [3.05, 3.63) is 70.8 Å². The molecular weight excluding hydrogens is 992 g/mol. The second kappa shape index (κ2) is 21.3. The van der Waals surface area contributed by atoms with E-state index < -0.39 is 134 Å². The Morgan fingerprint density at radius 1 is 0.662 bits per heavy atom. The fraction of sp³-hybridized carbons (Fsp3) is 0.610. The molecule has 0 radical (unpaired) electrons. The number of hydrogen-bond acceptors (Lipinski definition) is 6. The maximum Gasteiger partial charge on any atom is 0.460 e. The van der Waals surface area contributed by atoms with Crippen LogP contribution in [0.4, 0.5) is 93.9 Å². The summed E-state index contributed by atoms with van der Waals surface area (Å²) in [5.41, 5.74) is -1.51. The Hall–Kier alpha value is -4.43. The highest BCUT2D eigenvalue weighted by Crippen LogP contribution is 2.64. The van der Waals surface area contributed by atoms with Crippen molar-refractivity contribution in [1.82, 2.24) is 0 Å². The number of amides is 1. The van der Waals surface area contributed by atoms with E-state index in [1.54, 1.807) is 20.8 Å². The first kappa shape index (κ1) is 59.7. The van der Waals surface area contributed by atoms with E-state index in [0.29, 0.717) is 11.6 Å². The number of alkyl halides is 17. The number of carbonyl (C=O) groups is 2. The minimum absolute atomic E-state index is 0.0302. The number of carbonyl (C=O) groups excluding carboxylic acids is 2. The third-order valence-electron chi connectivity index (χ3n) is 11.2. The van der Waals surface area contributed by atoms with Gasteiger partial charge in [-0.1, -0.05) is 52.3 Å². The Balaban J connectivity index is 2.36. The van der Waals surface area contributed by atoms with Crippen LogP contribution in [0.5, 0.6) is 5.75 Å². The molecule has 68 heavy (non-hydrogen) atoms. The maximum atomic E-state index is 15.0. The number of hydrogen-bond donors (Lipinski definition) is 1. The van der Waals surface area contributed by atoms with Crippen LogP contribution in [-0.4, -0.2) is 87.8 Å². The molecule has 1 amide bonds. The molecule has 0 aromatic heterocycles. The first-order valence-corrected chi connectivity index (χ1v) is 22.3. The van der Waals surface area contributed by atoms with Crippen molar-refractivity contribution < 1.29 is 112 Å². The molecule has 7 nitrogen and oxygen atoms in total. The number of benzene rings is 2. The number of halogens is 19. The maximum absolute atomic E-state index is 15.0. The summed E-state index contributed by atoms with van der Waals surface area (Å²) >= 11 is 0. The van der Waals surface area contributed by atoms with Gasteiger partial charge in [0.15, 0.2) is 8.32 Å². The molecule has 2 aromatic carbocycles. The van der Waals surface area contributed by atoms with Gasteiger partial charge in [-0.15, -0.1) is 0 Å². The van der Waals surface area contributed by atoms with Crippen LogP contribution in [0.3, 0.4) is 0 Å². The predicted octanol–water partition coefficient (Wildman–Crippen LogP) is 14.4. The minimum atomic E-state index is -8.72. The molecule has 2 aromatic rings. The van der Waals surface area contributed by atoms with Crippen molar-refractivity contribution >= 4 is 26.1 Å². The summed E-state index contributed by atoms with van der Waals surface area (Å²) in [5, 5.41) is 2.14. The van der Waals surface area contributed by atoms with Crippen LogP contribution < -0.4 is 10.1 Å². The molecule has 0 spiro atoms. The lowest BCUT2D eigenvalue weighted by Gasteiger charge is -2.44. The van der Waals surface area contributed by atoms with Gasteiger partial charge in [0.2, 0.25) is 0 Å². The third-order valence-corrected chi connectivity index (χ3v) is 16.9. The molecule has 2 rings (SSSR count). The summed E-state index contributed by atoms with van der Waals surface area (Å²) in [5.74, 6) is -60.5. The molecule has 0 aliphatic heterocycles. The Bertz CT molecular complexity index is 2070. The zero-order valence-corrected chi connectivity index (χ0v) is 38.0. The van der Waals surface area contributed by atoms with Gasteiger partial charge in [-0.25, -0.2) is 18.4 Å². The first-order chi connectivity index (χ1) is 30.7. The summed E-state index contributed by atoms with van der Waals surface area (Å²) in [6.45, 7) is 10.2. The van der Waals surface area contributed by atoms with E-state index in [9.17, 15) is 84.2 Å². The van der Waals surface area contributed by atoms with E-state index in [2.05, 4.69) is 5.32 Å². The highest BCUT2D eigenvalue weighted by molar-refractivity contribution is 6.76. The van der Waals surface area contributed by atoms with Crippen LogP contribution in [0.25, 0.3) is 0 Å². The Morgan fingerprint density at radius 3 is 1.60 bits per heavy atom. The summed E-state index contributed by atoms with van der Waals surface area (Å²) in [4.78, 5) is 25.4. The van der Waals surface area contributed by atoms with Gasteiger partial charge in [-0.3, -0.25) is 5.32 Å². The Morgan fingerprint density at radius 2 is 1.15 bits per heavy atom. The van der Waals surface area contributed by atoms with Crippen molar-refractivity contribution in [1.29, 1.82) is 0 Å². The molecule has 2 atom stereocenters. The summed E-state index contributed by atoms with van der Waals surface area (Å²) in [7, 11) is -4.07. The van der Waals surface area contributed by atoms with Crippen LogP contribution >= 0.6 is 0 Å². The van der Waals surface area contributed by atoms with E-state index in [-0.39, 0.29) is 23.5 Å². The lowest BCUT2D eigenvalue weighted by Crippen LogP contribution is -2.74. The molecule has 388 valence electrons. The lowest BCUT2D eigenvalue weighted by atomic mass is 9.88. The SMILES string of the molecule is CCOC(=O)/C(C)=C(\C)[C@H](C)[C@H](OC(=O)Nc1ccc(F)cc1F)c1ccc(OCCO[Si](CCC(F)(F)C(F)(F)C(F)(F)C(F)(F)C(F)(F)C(F)(F)C(F)(F)C(F)(F)F)(C(C)C)C(C)C)cc1. The summed E-state index contributed by atoms with van der Waals surface area (Å²) in [6.07, 6.45) is -12.9. The molecule has 0 saturated carbocycles. The zero-order valence-electron chi connectivity index (χ0n) is 37.0. The topological polar surface area (TPSA) is 83.1 Å². The molecular formula is C41H46F19NO6Si. The molecule has 0 fully saturated rings. The second-order valence-corrected chi connectivity index (χ2v) is 21.1. The molecule has 0 unspecified atom stereocenters. The van der Waals surface area contributed by atoms with Crippen LogP contribution in [0.15, 0.2) is 53.6 Å². The summed E-state index contributed by atoms with van der Waals surface area (Å²) < 4.78 is 286. The fourth-order valence-corrected chi connectivity index (χ4v) is 11.2. The smallest absolute Gasteiger partial charge is 0.460 e. The molecule has 0 heterocycles. The Kier molecular flexibility index (Phi) is 18.7. The highest BCUT2D eigenvalue weighted by atomic mass is 28.4. The van der Waals surface area contributed by atoms with Gasteiger partial charge in [-0.2, -0.15) is 74.6 Å². The fourth-order valence-electron chi connectivity index (χ4n) is 6.77. The van der Waals surface area contributed by atoms with E-state index in [4.69, 9.17) is 18.6 Å². The van der Waals surface area contributed by atoms with Gasteiger partial charge in [0.25, 0.3) is 0 Å². The number of nitrogens with one attached hydrogen (secondary N) is 1. The quantitative estimate of drug-likeness (QED) is 0.0393. The first-order valence-electron chi connectivity index (χ1n) is 20.0. The number of rotatable bonds is 23. The number of anilines is 1. The van der Waals surface area contributed by atoms with Gasteiger partial charge in [-0.05, 0) is 67.7 Å². The van der Waals surface area contributed by atoms with Crippen molar-refractivity contribution in [3.8, 4) is 5.75 Å². The van der Waals surface area contributed by atoms with Crippen molar-refractivity contribution in [3.63, 3.8) is 0 Å². The number of ether oxygens (including phenoxy) is 3.